The number of methoxy groups -OCH3 is 1. The van der Waals surface area contributed by atoms with Gasteiger partial charge in [0, 0.05) is 24.0 Å². The number of carbonyl (C=O) groups excluding carboxylic acids is 1. The topological polar surface area (TPSA) is 96.5 Å². The molecule has 0 aliphatic carbocycles. The van der Waals surface area contributed by atoms with Crippen molar-refractivity contribution in [2.24, 2.45) is 5.92 Å². The lowest BCUT2D eigenvalue weighted by Crippen LogP contribution is -2.37. The molecule has 1 amide bonds. The van der Waals surface area contributed by atoms with Crippen LogP contribution in [0.3, 0.4) is 0 Å². The second kappa shape index (κ2) is 9.15. The summed E-state index contributed by atoms with van der Waals surface area (Å²) in [5.41, 5.74) is -0.862. The fraction of sp³-hybridized carbons (Fsp3) is 0.350. The molecule has 1 heterocycles. The van der Waals surface area contributed by atoms with Crippen molar-refractivity contribution in [3.05, 3.63) is 48.0 Å². The van der Waals surface area contributed by atoms with Crippen molar-refractivity contribution in [1.29, 1.82) is 0 Å². The predicted octanol–water partition coefficient (Wildman–Crippen LogP) is 3.45. The lowest BCUT2D eigenvalue weighted by Gasteiger charge is -2.22. The molecule has 31 heavy (non-hydrogen) atoms. The van der Waals surface area contributed by atoms with Gasteiger partial charge in [-0.15, -0.1) is 0 Å². The molecule has 0 radical (unpaired) electrons. The van der Waals surface area contributed by atoms with Gasteiger partial charge in [-0.3, -0.25) is 9.52 Å². The number of nitrogens with one attached hydrogen (secondary N) is 3. The molecule has 0 bridgehead atoms. The first kappa shape index (κ1) is 22.9. The van der Waals surface area contributed by atoms with Gasteiger partial charge in [0.25, 0.3) is 10.0 Å². The molecule has 1 saturated heterocycles. The van der Waals surface area contributed by atoms with Gasteiger partial charge < -0.3 is 15.4 Å². The molecule has 1 fully saturated rings. The zero-order valence-corrected chi connectivity index (χ0v) is 17.4. The van der Waals surface area contributed by atoms with Crippen molar-refractivity contribution < 1.29 is 31.1 Å². The molecule has 3 N–H and O–H groups in total. The van der Waals surface area contributed by atoms with E-state index in [1.54, 1.807) is 0 Å². The summed E-state index contributed by atoms with van der Waals surface area (Å²) in [6.07, 6.45) is -2.96. The Balaban J connectivity index is 1.80. The highest BCUT2D eigenvalue weighted by Crippen LogP contribution is 2.33. The maximum atomic E-state index is 12.9. The summed E-state index contributed by atoms with van der Waals surface area (Å²) in [6.45, 7) is 1.43. The SMILES string of the molecule is COc1cc(NC(=O)[C@H]2CCCNC2)ccc1S(=O)(=O)Nc1cccc(C(F)(F)F)c1. The molecule has 168 valence electrons. The van der Waals surface area contributed by atoms with E-state index in [1.807, 2.05) is 0 Å². The number of benzene rings is 2. The monoisotopic (exact) mass is 457 g/mol. The molecule has 0 spiro atoms. The van der Waals surface area contributed by atoms with Crippen LogP contribution >= 0.6 is 0 Å². The van der Waals surface area contributed by atoms with Crippen LogP contribution in [-0.4, -0.2) is 34.5 Å². The van der Waals surface area contributed by atoms with Crippen LogP contribution in [0.25, 0.3) is 0 Å². The van der Waals surface area contributed by atoms with Gasteiger partial charge in [0.1, 0.15) is 10.6 Å². The number of alkyl halides is 3. The number of carbonyl (C=O) groups is 1. The number of ether oxygens (including phenoxy) is 1. The number of piperidine rings is 1. The van der Waals surface area contributed by atoms with Crippen LogP contribution in [-0.2, 0) is 21.0 Å². The van der Waals surface area contributed by atoms with Crippen LogP contribution in [0.2, 0.25) is 0 Å². The van der Waals surface area contributed by atoms with Gasteiger partial charge in [0.15, 0.2) is 0 Å². The summed E-state index contributed by atoms with van der Waals surface area (Å²) in [5, 5.41) is 5.89. The standard InChI is InChI=1S/C20H22F3N3O4S/c1-30-17-11-15(25-19(27)13-4-3-9-24-12-13)7-8-18(17)31(28,29)26-16-6-2-5-14(10-16)20(21,22)23/h2,5-8,10-11,13,24,26H,3-4,9,12H2,1H3,(H,25,27)/t13-/m0/s1. The third-order valence-electron chi connectivity index (χ3n) is 4.83. The van der Waals surface area contributed by atoms with Gasteiger partial charge >= 0.3 is 6.18 Å². The quantitative estimate of drug-likeness (QED) is 0.618. The lowest BCUT2D eigenvalue weighted by atomic mass is 9.99. The molecule has 0 aromatic heterocycles. The summed E-state index contributed by atoms with van der Waals surface area (Å²) in [4.78, 5) is 12.1. The minimum absolute atomic E-state index is 0.0564. The van der Waals surface area contributed by atoms with Gasteiger partial charge in [-0.2, -0.15) is 13.2 Å². The molecule has 3 rings (SSSR count). The van der Waals surface area contributed by atoms with Gasteiger partial charge in [0.2, 0.25) is 5.91 Å². The second-order valence-corrected chi connectivity index (χ2v) is 8.73. The minimum atomic E-state index is -4.60. The summed E-state index contributed by atoms with van der Waals surface area (Å²) in [6, 6.07) is 7.85. The van der Waals surface area contributed by atoms with E-state index >= 15 is 0 Å². The van der Waals surface area contributed by atoms with Gasteiger partial charge in [-0.1, -0.05) is 6.07 Å². The van der Waals surface area contributed by atoms with Gasteiger partial charge in [-0.25, -0.2) is 8.42 Å². The number of rotatable bonds is 6. The Morgan fingerprint density at radius 3 is 2.58 bits per heavy atom. The Kier molecular flexibility index (Phi) is 6.75. The molecular formula is C20H22F3N3O4S. The Morgan fingerprint density at radius 1 is 1.16 bits per heavy atom. The number of hydrogen-bond donors (Lipinski definition) is 3. The first-order chi connectivity index (χ1) is 14.6. The van der Waals surface area contributed by atoms with Crippen LogP contribution in [0.5, 0.6) is 5.75 Å². The largest absolute Gasteiger partial charge is 0.495 e. The average molecular weight is 457 g/mol. The normalized spacial score (nSPS) is 17.1. The van der Waals surface area contributed by atoms with Gasteiger partial charge in [0.05, 0.1) is 18.6 Å². The van der Waals surface area contributed by atoms with Crippen molar-refractivity contribution in [2.75, 3.05) is 30.2 Å². The Hall–Kier alpha value is -2.79. The zero-order chi connectivity index (χ0) is 22.6. The number of anilines is 2. The Bertz CT molecular complexity index is 1050. The van der Waals surface area contributed by atoms with Crippen molar-refractivity contribution in [3.63, 3.8) is 0 Å². The molecule has 11 heteroatoms. The number of sulfonamides is 1. The highest BCUT2D eigenvalue weighted by atomic mass is 32.2. The van der Waals surface area contributed by atoms with E-state index in [0.717, 1.165) is 31.5 Å². The van der Waals surface area contributed by atoms with E-state index in [2.05, 4.69) is 15.4 Å². The molecule has 0 saturated carbocycles. The van der Waals surface area contributed by atoms with Crippen molar-refractivity contribution in [3.8, 4) is 5.75 Å². The van der Waals surface area contributed by atoms with E-state index < -0.39 is 21.8 Å². The molecule has 1 atom stereocenters. The molecule has 1 aliphatic rings. The van der Waals surface area contributed by atoms with Crippen LogP contribution in [0.1, 0.15) is 18.4 Å². The fourth-order valence-corrected chi connectivity index (χ4v) is 4.46. The minimum Gasteiger partial charge on any atom is -0.495 e. The third-order valence-corrected chi connectivity index (χ3v) is 6.25. The first-order valence-electron chi connectivity index (χ1n) is 9.50. The third kappa shape index (κ3) is 5.67. The van der Waals surface area contributed by atoms with E-state index in [9.17, 15) is 26.4 Å². The molecule has 1 aliphatic heterocycles. The van der Waals surface area contributed by atoms with Crippen LogP contribution in [0.15, 0.2) is 47.4 Å². The maximum Gasteiger partial charge on any atom is 0.416 e. The van der Waals surface area contributed by atoms with Gasteiger partial charge in [-0.05, 0) is 49.7 Å². The van der Waals surface area contributed by atoms with Crippen LogP contribution < -0.4 is 20.1 Å². The molecule has 2 aromatic rings. The second-order valence-electron chi connectivity index (χ2n) is 7.08. The molecular weight excluding hydrogens is 435 g/mol. The highest BCUT2D eigenvalue weighted by molar-refractivity contribution is 7.92. The van der Waals surface area contributed by atoms with Crippen molar-refractivity contribution in [2.45, 2.75) is 23.9 Å². The summed E-state index contributed by atoms with van der Waals surface area (Å²) >= 11 is 0. The van der Waals surface area contributed by atoms with E-state index in [4.69, 9.17) is 4.74 Å². The van der Waals surface area contributed by atoms with E-state index in [0.29, 0.717) is 18.3 Å². The summed E-state index contributed by atoms with van der Waals surface area (Å²) in [5.74, 6) is -0.434. The van der Waals surface area contributed by atoms with Crippen molar-refractivity contribution >= 4 is 27.3 Å². The van der Waals surface area contributed by atoms with Crippen LogP contribution in [0.4, 0.5) is 24.5 Å². The summed E-state index contributed by atoms with van der Waals surface area (Å²) < 4.78 is 71.5. The smallest absolute Gasteiger partial charge is 0.416 e. The molecule has 0 unspecified atom stereocenters. The number of hydrogen-bond acceptors (Lipinski definition) is 5. The highest BCUT2D eigenvalue weighted by Gasteiger charge is 2.31. The number of amides is 1. The maximum absolute atomic E-state index is 12.9. The van der Waals surface area contributed by atoms with Crippen molar-refractivity contribution in [1.82, 2.24) is 5.32 Å². The zero-order valence-electron chi connectivity index (χ0n) is 16.6. The lowest BCUT2D eigenvalue weighted by molar-refractivity contribution is -0.137. The van der Waals surface area contributed by atoms with Crippen LogP contribution in [0, 0.1) is 5.92 Å². The fourth-order valence-electron chi connectivity index (χ4n) is 3.26. The molecule has 7 nitrogen and oxygen atoms in total. The first-order valence-corrected chi connectivity index (χ1v) is 11.0. The van der Waals surface area contributed by atoms with E-state index in [1.165, 1.54) is 31.4 Å². The predicted molar refractivity (Wildman–Crippen MR) is 109 cm³/mol. The average Bonchev–Trinajstić information content (AvgIpc) is 2.73. The Labute approximate surface area is 178 Å². The summed E-state index contributed by atoms with van der Waals surface area (Å²) in [7, 11) is -2.99. The van der Waals surface area contributed by atoms with E-state index in [-0.39, 0.29) is 28.2 Å². The molecule has 2 aromatic carbocycles. The Morgan fingerprint density at radius 2 is 1.94 bits per heavy atom. The number of halogens is 3.